The summed E-state index contributed by atoms with van der Waals surface area (Å²) in [6, 6.07) is 12.0. The van der Waals surface area contributed by atoms with Gasteiger partial charge in [-0.05, 0) is 37.2 Å². The Labute approximate surface area is 118 Å². The Hall–Kier alpha value is -1.58. The largest absolute Gasteiger partial charge is 0.481 e. The van der Waals surface area contributed by atoms with Crippen LogP contribution in [0.25, 0.3) is 0 Å². The third-order valence-corrected chi connectivity index (χ3v) is 3.28. The highest BCUT2D eigenvalue weighted by Crippen LogP contribution is 2.25. The molecule has 0 aliphatic carbocycles. The van der Waals surface area contributed by atoms with Crippen molar-refractivity contribution in [3.63, 3.8) is 0 Å². The Morgan fingerprint density at radius 3 is 2.84 bits per heavy atom. The summed E-state index contributed by atoms with van der Waals surface area (Å²) in [5.74, 6) is 0.656. The first kappa shape index (κ1) is 13.8. The number of pyridine rings is 1. The van der Waals surface area contributed by atoms with Crippen molar-refractivity contribution in [3.05, 3.63) is 58.7 Å². The van der Waals surface area contributed by atoms with Crippen LogP contribution in [-0.2, 0) is 6.42 Å². The first-order valence-corrected chi connectivity index (χ1v) is 6.53. The van der Waals surface area contributed by atoms with E-state index in [0.717, 1.165) is 17.0 Å². The van der Waals surface area contributed by atoms with Gasteiger partial charge in [-0.1, -0.05) is 29.8 Å². The smallest absolute Gasteiger partial charge is 0.217 e. The van der Waals surface area contributed by atoms with Gasteiger partial charge in [-0.2, -0.15) is 0 Å². The quantitative estimate of drug-likeness (QED) is 0.910. The number of methoxy groups -OCH3 is 1. The minimum absolute atomic E-state index is 0.141. The SMILES string of the molecule is CNC(Cc1cccc(Cl)c1)c1cccnc1OC. The topological polar surface area (TPSA) is 34.2 Å². The summed E-state index contributed by atoms with van der Waals surface area (Å²) < 4.78 is 5.31. The van der Waals surface area contributed by atoms with Crippen molar-refractivity contribution in [1.82, 2.24) is 10.3 Å². The standard InChI is InChI=1S/C15H17ClN2O/c1-17-14(10-11-5-3-6-12(16)9-11)13-7-4-8-18-15(13)19-2/h3-9,14,17H,10H2,1-2H3. The van der Waals surface area contributed by atoms with Gasteiger partial charge in [0.1, 0.15) is 0 Å². The van der Waals surface area contributed by atoms with Crippen molar-refractivity contribution in [2.24, 2.45) is 0 Å². The number of hydrogen-bond donors (Lipinski definition) is 1. The van der Waals surface area contributed by atoms with Gasteiger partial charge in [0.05, 0.1) is 7.11 Å². The van der Waals surface area contributed by atoms with Crippen LogP contribution in [0.15, 0.2) is 42.6 Å². The second kappa shape index (κ2) is 6.55. The number of halogens is 1. The van der Waals surface area contributed by atoms with Crippen molar-refractivity contribution >= 4 is 11.6 Å². The molecule has 1 N–H and O–H groups in total. The summed E-state index contributed by atoms with van der Waals surface area (Å²) >= 11 is 6.02. The van der Waals surface area contributed by atoms with Crippen molar-refractivity contribution in [2.45, 2.75) is 12.5 Å². The molecule has 100 valence electrons. The predicted octanol–water partition coefficient (Wildman–Crippen LogP) is 3.25. The highest BCUT2D eigenvalue weighted by molar-refractivity contribution is 6.30. The highest BCUT2D eigenvalue weighted by atomic mass is 35.5. The summed E-state index contributed by atoms with van der Waals surface area (Å²) in [6.45, 7) is 0. The second-order valence-electron chi connectivity index (χ2n) is 4.28. The molecule has 1 aromatic heterocycles. The number of ether oxygens (including phenoxy) is 1. The van der Waals surface area contributed by atoms with Gasteiger partial charge in [-0.25, -0.2) is 4.98 Å². The number of likely N-dealkylation sites (N-methyl/N-ethyl adjacent to an activating group) is 1. The molecule has 4 heteroatoms. The molecule has 0 fully saturated rings. The van der Waals surface area contributed by atoms with E-state index in [1.807, 2.05) is 37.4 Å². The van der Waals surface area contributed by atoms with Gasteiger partial charge in [0.15, 0.2) is 0 Å². The Morgan fingerprint density at radius 2 is 2.16 bits per heavy atom. The summed E-state index contributed by atoms with van der Waals surface area (Å²) in [7, 11) is 3.57. The highest BCUT2D eigenvalue weighted by Gasteiger charge is 2.15. The fraction of sp³-hybridized carbons (Fsp3) is 0.267. The lowest BCUT2D eigenvalue weighted by Gasteiger charge is -2.18. The van der Waals surface area contributed by atoms with Crippen molar-refractivity contribution in [2.75, 3.05) is 14.2 Å². The molecule has 3 nitrogen and oxygen atoms in total. The van der Waals surface area contributed by atoms with Crippen LogP contribution in [0.5, 0.6) is 5.88 Å². The Balaban J connectivity index is 2.25. The van der Waals surface area contributed by atoms with E-state index < -0.39 is 0 Å². The predicted molar refractivity (Wildman–Crippen MR) is 77.7 cm³/mol. The van der Waals surface area contributed by atoms with Gasteiger partial charge in [0.25, 0.3) is 0 Å². The minimum Gasteiger partial charge on any atom is -0.481 e. The Morgan fingerprint density at radius 1 is 1.32 bits per heavy atom. The number of aromatic nitrogens is 1. The van der Waals surface area contributed by atoms with Crippen LogP contribution in [0.2, 0.25) is 5.02 Å². The van der Waals surface area contributed by atoms with E-state index in [2.05, 4.69) is 16.4 Å². The average molecular weight is 277 g/mol. The van der Waals surface area contributed by atoms with E-state index >= 15 is 0 Å². The number of nitrogens with zero attached hydrogens (tertiary/aromatic N) is 1. The third-order valence-electron chi connectivity index (χ3n) is 3.05. The third kappa shape index (κ3) is 3.46. The van der Waals surface area contributed by atoms with E-state index in [9.17, 15) is 0 Å². The summed E-state index contributed by atoms with van der Waals surface area (Å²) in [5, 5.41) is 4.05. The molecule has 1 unspecified atom stereocenters. The molecule has 0 saturated heterocycles. The number of benzene rings is 1. The molecule has 2 rings (SSSR count). The molecular weight excluding hydrogens is 260 g/mol. The zero-order chi connectivity index (χ0) is 13.7. The molecule has 1 heterocycles. The first-order chi connectivity index (χ1) is 9.24. The van der Waals surface area contributed by atoms with E-state index in [1.165, 1.54) is 5.56 Å². The molecular formula is C15H17ClN2O. The summed E-state index contributed by atoms with van der Waals surface area (Å²) in [4.78, 5) is 4.24. The molecule has 1 aromatic carbocycles. The monoisotopic (exact) mass is 276 g/mol. The van der Waals surface area contributed by atoms with Gasteiger partial charge >= 0.3 is 0 Å². The van der Waals surface area contributed by atoms with Gasteiger partial charge in [0.2, 0.25) is 5.88 Å². The lowest BCUT2D eigenvalue weighted by Crippen LogP contribution is -2.19. The molecule has 0 spiro atoms. The minimum atomic E-state index is 0.141. The van der Waals surface area contributed by atoms with Gasteiger partial charge < -0.3 is 10.1 Å². The lowest BCUT2D eigenvalue weighted by molar-refractivity contribution is 0.384. The van der Waals surface area contributed by atoms with Crippen LogP contribution in [0, 0.1) is 0 Å². The number of hydrogen-bond acceptors (Lipinski definition) is 3. The van der Waals surface area contributed by atoms with Crippen molar-refractivity contribution < 1.29 is 4.74 Å². The second-order valence-corrected chi connectivity index (χ2v) is 4.71. The fourth-order valence-corrected chi connectivity index (χ4v) is 2.32. The maximum atomic E-state index is 6.02. The molecule has 0 bridgehead atoms. The van der Waals surface area contributed by atoms with Crippen LogP contribution in [0.1, 0.15) is 17.2 Å². The van der Waals surface area contributed by atoms with Crippen LogP contribution in [0.3, 0.4) is 0 Å². The zero-order valence-electron chi connectivity index (χ0n) is 11.1. The van der Waals surface area contributed by atoms with Gasteiger partial charge in [0, 0.05) is 22.8 Å². The van der Waals surface area contributed by atoms with E-state index in [0.29, 0.717) is 5.88 Å². The normalized spacial score (nSPS) is 12.2. The molecule has 0 radical (unpaired) electrons. The van der Waals surface area contributed by atoms with Crippen LogP contribution < -0.4 is 10.1 Å². The molecule has 1 atom stereocenters. The molecule has 0 aliphatic heterocycles. The number of nitrogens with one attached hydrogen (secondary N) is 1. The van der Waals surface area contributed by atoms with Crippen molar-refractivity contribution in [3.8, 4) is 5.88 Å². The Bertz CT molecular complexity index is 545. The van der Waals surface area contributed by atoms with Crippen LogP contribution >= 0.6 is 11.6 Å². The molecule has 0 aliphatic rings. The molecule has 19 heavy (non-hydrogen) atoms. The van der Waals surface area contributed by atoms with Gasteiger partial charge in [-0.3, -0.25) is 0 Å². The zero-order valence-corrected chi connectivity index (χ0v) is 11.8. The van der Waals surface area contributed by atoms with E-state index in [4.69, 9.17) is 16.3 Å². The molecule has 0 saturated carbocycles. The Kier molecular flexibility index (Phi) is 4.77. The fourth-order valence-electron chi connectivity index (χ4n) is 2.11. The lowest BCUT2D eigenvalue weighted by atomic mass is 10.00. The maximum Gasteiger partial charge on any atom is 0.217 e. The van der Waals surface area contributed by atoms with Gasteiger partial charge in [-0.15, -0.1) is 0 Å². The van der Waals surface area contributed by atoms with Crippen LogP contribution in [-0.4, -0.2) is 19.1 Å². The molecule has 2 aromatic rings. The summed E-state index contributed by atoms with van der Waals surface area (Å²) in [5.41, 5.74) is 2.23. The summed E-state index contributed by atoms with van der Waals surface area (Å²) in [6.07, 6.45) is 2.56. The maximum absolute atomic E-state index is 6.02. The van der Waals surface area contributed by atoms with Crippen molar-refractivity contribution in [1.29, 1.82) is 0 Å². The van der Waals surface area contributed by atoms with Crippen LogP contribution in [0.4, 0.5) is 0 Å². The van der Waals surface area contributed by atoms with E-state index in [1.54, 1.807) is 13.3 Å². The number of rotatable bonds is 5. The van der Waals surface area contributed by atoms with E-state index in [-0.39, 0.29) is 6.04 Å². The first-order valence-electron chi connectivity index (χ1n) is 6.15. The molecule has 0 amide bonds. The average Bonchev–Trinajstić information content (AvgIpc) is 2.45.